The lowest BCUT2D eigenvalue weighted by Gasteiger charge is -2.35. The molecule has 2 atom stereocenters. The topological polar surface area (TPSA) is 50.8 Å². The Bertz CT molecular complexity index is 817. The number of amides is 1. The van der Waals surface area contributed by atoms with Gasteiger partial charge in [-0.1, -0.05) is 35.9 Å². The fourth-order valence-electron chi connectivity index (χ4n) is 3.66. The van der Waals surface area contributed by atoms with Crippen molar-refractivity contribution in [1.82, 2.24) is 10.2 Å². The maximum absolute atomic E-state index is 12.6. The van der Waals surface area contributed by atoms with Crippen LogP contribution in [-0.2, 0) is 17.8 Å². The van der Waals surface area contributed by atoms with Crippen molar-refractivity contribution < 1.29 is 14.3 Å². The van der Waals surface area contributed by atoms with Crippen LogP contribution < -0.4 is 10.1 Å². The van der Waals surface area contributed by atoms with Gasteiger partial charge in [0.2, 0.25) is 0 Å². The Morgan fingerprint density at radius 1 is 1.18 bits per heavy atom. The van der Waals surface area contributed by atoms with E-state index >= 15 is 0 Å². The van der Waals surface area contributed by atoms with Crippen LogP contribution in [0.3, 0.4) is 0 Å². The maximum atomic E-state index is 12.6. The van der Waals surface area contributed by atoms with Crippen LogP contribution >= 0.6 is 11.6 Å². The number of nitrogens with one attached hydrogen (secondary N) is 1. The van der Waals surface area contributed by atoms with E-state index in [-0.39, 0.29) is 18.1 Å². The highest BCUT2D eigenvalue weighted by Crippen LogP contribution is 2.23. The summed E-state index contributed by atoms with van der Waals surface area (Å²) >= 11 is 5.98. The molecular formula is C22H27ClN2O3. The SMILES string of the molecule is COc1cc(Cl)ccc1C(=O)NCc1ccccc1CN1CC(C)OC(C)C1. The molecule has 6 heteroatoms. The van der Waals surface area contributed by atoms with Gasteiger partial charge < -0.3 is 14.8 Å². The van der Waals surface area contributed by atoms with Crippen LogP contribution in [0.1, 0.15) is 35.3 Å². The zero-order chi connectivity index (χ0) is 20.1. The van der Waals surface area contributed by atoms with Gasteiger partial charge in [0.15, 0.2) is 0 Å². The zero-order valence-electron chi connectivity index (χ0n) is 16.6. The summed E-state index contributed by atoms with van der Waals surface area (Å²) in [6.45, 7) is 7.33. The summed E-state index contributed by atoms with van der Waals surface area (Å²) in [5, 5.41) is 3.53. The summed E-state index contributed by atoms with van der Waals surface area (Å²) in [5.74, 6) is 0.284. The first-order chi connectivity index (χ1) is 13.5. The third-order valence-corrected chi connectivity index (χ3v) is 5.09. The third-order valence-electron chi connectivity index (χ3n) is 4.86. The summed E-state index contributed by atoms with van der Waals surface area (Å²) in [6, 6.07) is 13.2. The van der Waals surface area contributed by atoms with Gasteiger partial charge in [-0.3, -0.25) is 9.69 Å². The lowest BCUT2D eigenvalue weighted by molar-refractivity contribution is -0.0705. The molecule has 150 valence electrons. The van der Waals surface area contributed by atoms with Crippen LogP contribution in [0.25, 0.3) is 0 Å². The molecule has 28 heavy (non-hydrogen) atoms. The number of carbonyl (C=O) groups is 1. The van der Waals surface area contributed by atoms with E-state index in [1.807, 2.05) is 12.1 Å². The van der Waals surface area contributed by atoms with Gasteiger partial charge >= 0.3 is 0 Å². The number of nitrogens with zero attached hydrogens (tertiary/aromatic N) is 1. The molecule has 0 aliphatic carbocycles. The number of benzene rings is 2. The molecule has 2 unspecified atom stereocenters. The van der Waals surface area contributed by atoms with E-state index in [1.54, 1.807) is 18.2 Å². The molecule has 0 saturated carbocycles. The highest BCUT2D eigenvalue weighted by atomic mass is 35.5. The van der Waals surface area contributed by atoms with Crippen LogP contribution in [0, 0.1) is 0 Å². The molecule has 0 aromatic heterocycles. The fraction of sp³-hybridized carbons (Fsp3) is 0.409. The van der Waals surface area contributed by atoms with E-state index in [2.05, 4.69) is 36.2 Å². The quantitative estimate of drug-likeness (QED) is 0.796. The largest absolute Gasteiger partial charge is 0.496 e. The van der Waals surface area contributed by atoms with Crippen molar-refractivity contribution in [3.63, 3.8) is 0 Å². The van der Waals surface area contributed by atoms with Crippen molar-refractivity contribution >= 4 is 17.5 Å². The van der Waals surface area contributed by atoms with E-state index in [1.165, 1.54) is 12.7 Å². The molecule has 2 aromatic carbocycles. The van der Waals surface area contributed by atoms with Gasteiger partial charge in [0.1, 0.15) is 5.75 Å². The maximum Gasteiger partial charge on any atom is 0.255 e. The number of ether oxygens (including phenoxy) is 2. The van der Waals surface area contributed by atoms with Crippen molar-refractivity contribution in [2.45, 2.75) is 39.1 Å². The van der Waals surface area contributed by atoms with E-state index < -0.39 is 0 Å². The number of halogens is 1. The summed E-state index contributed by atoms with van der Waals surface area (Å²) in [5.41, 5.74) is 2.79. The van der Waals surface area contributed by atoms with E-state index in [9.17, 15) is 4.79 Å². The molecule has 0 spiro atoms. The Balaban J connectivity index is 1.67. The molecule has 1 aliphatic rings. The summed E-state index contributed by atoms with van der Waals surface area (Å²) in [4.78, 5) is 15.0. The van der Waals surface area contributed by atoms with Gasteiger partial charge in [-0.25, -0.2) is 0 Å². The van der Waals surface area contributed by atoms with Crippen LogP contribution in [-0.4, -0.2) is 43.2 Å². The summed E-state index contributed by atoms with van der Waals surface area (Å²) in [6.07, 6.45) is 0.459. The van der Waals surface area contributed by atoms with Gasteiger partial charge in [-0.05, 0) is 43.2 Å². The number of rotatable bonds is 6. The minimum atomic E-state index is -0.183. The standard InChI is InChI=1S/C22H27ClN2O3/c1-15-12-25(13-16(2)28-15)14-18-7-5-4-6-17(18)11-24-22(26)20-9-8-19(23)10-21(20)27-3/h4-10,15-16H,11-14H2,1-3H3,(H,24,26). The Hall–Kier alpha value is -2.08. The first-order valence-electron chi connectivity index (χ1n) is 9.52. The second-order valence-electron chi connectivity index (χ2n) is 7.25. The van der Waals surface area contributed by atoms with Gasteiger partial charge in [-0.2, -0.15) is 0 Å². The second kappa shape index (κ2) is 9.41. The smallest absolute Gasteiger partial charge is 0.255 e. The van der Waals surface area contributed by atoms with Crippen LogP contribution in [0.15, 0.2) is 42.5 Å². The van der Waals surface area contributed by atoms with E-state index in [0.29, 0.717) is 22.9 Å². The molecule has 1 heterocycles. The Labute approximate surface area is 171 Å². The predicted octanol–water partition coefficient (Wildman–Crippen LogP) is 3.89. The number of methoxy groups -OCH3 is 1. The van der Waals surface area contributed by atoms with Gasteiger partial charge in [0, 0.05) is 31.2 Å². The summed E-state index contributed by atoms with van der Waals surface area (Å²) in [7, 11) is 1.53. The molecule has 1 N–H and O–H groups in total. The Morgan fingerprint density at radius 2 is 1.86 bits per heavy atom. The van der Waals surface area contributed by atoms with E-state index in [0.717, 1.165) is 25.2 Å². The molecule has 2 aromatic rings. The zero-order valence-corrected chi connectivity index (χ0v) is 17.3. The van der Waals surface area contributed by atoms with Crippen molar-refractivity contribution in [2.24, 2.45) is 0 Å². The molecular weight excluding hydrogens is 376 g/mol. The average molecular weight is 403 g/mol. The fourth-order valence-corrected chi connectivity index (χ4v) is 3.82. The van der Waals surface area contributed by atoms with Crippen LogP contribution in [0.2, 0.25) is 5.02 Å². The van der Waals surface area contributed by atoms with Gasteiger partial charge in [0.25, 0.3) is 5.91 Å². The third kappa shape index (κ3) is 5.25. The highest BCUT2D eigenvalue weighted by molar-refractivity contribution is 6.30. The number of hydrogen-bond donors (Lipinski definition) is 1. The highest BCUT2D eigenvalue weighted by Gasteiger charge is 2.22. The average Bonchev–Trinajstić information content (AvgIpc) is 2.66. The van der Waals surface area contributed by atoms with Gasteiger partial charge in [-0.15, -0.1) is 0 Å². The lowest BCUT2D eigenvalue weighted by Crippen LogP contribution is -2.45. The van der Waals surface area contributed by atoms with Crippen molar-refractivity contribution in [2.75, 3.05) is 20.2 Å². The minimum Gasteiger partial charge on any atom is -0.496 e. The molecule has 3 rings (SSSR count). The second-order valence-corrected chi connectivity index (χ2v) is 7.68. The molecule has 1 saturated heterocycles. The predicted molar refractivity (Wildman–Crippen MR) is 111 cm³/mol. The molecule has 1 aliphatic heterocycles. The van der Waals surface area contributed by atoms with E-state index in [4.69, 9.17) is 21.1 Å². The molecule has 1 amide bonds. The molecule has 1 fully saturated rings. The first kappa shape index (κ1) is 20.6. The van der Waals surface area contributed by atoms with Crippen molar-refractivity contribution in [1.29, 1.82) is 0 Å². The Kier molecular flexibility index (Phi) is 6.94. The van der Waals surface area contributed by atoms with Crippen molar-refractivity contribution in [3.05, 3.63) is 64.2 Å². The van der Waals surface area contributed by atoms with Gasteiger partial charge in [0.05, 0.1) is 24.9 Å². The number of carbonyl (C=O) groups excluding carboxylic acids is 1. The first-order valence-corrected chi connectivity index (χ1v) is 9.90. The normalized spacial score (nSPS) is 20.0. The number of morpholine rings is 1. The number of hydrogen-bond acceptors (Lipinski definition) is 4. The molecule has 0 radical (unpaired) electrons. The Morgan fingerprint density at radius 3 is 2.54 bits per heavy atom. The molecule has 5 nitrogen and oxygen atoms in total. The van der Waals surface area contributed by atoms with Crippen LogP contribution in [0.4, 0.5) is 0 Å². The minimum absolute atomic E-state index is 0.183. The monoisotopic (exact) mass is 402 g/mol. The summed E-state index contributed by atoms with van der Waals surface area (Å²) < 4.78 is 11.1. The lowest BCUT2D eigenvalue weighted by atomic mass is 10.1. The van der Waals surface area contributed by atoms with Crippen LogP contribution in [0.5, 0.6) is 5.75 Å². The molecule has 0 bridgehead atoms. The van der Waals surface area contributed by atoms with Crippen molar-refractivity contribution in [3.8, 4) is 5.75 Å².